The van der Waals surface area contributed by atoms with Crippen molar-refractivity contribution in [2.24, 2.45) is 5.73 Å². The minimum atomic E-state index is -0.710. The molecule has 1 aliphatic rings. The number of halogens is 1. The van der Waals surface area contributed by atoms with Gasteiger partial charge in [0.05, 0.1) is 12.5 Å². The zero-order valence-electron chi connectivity index (χ0n) is 14.7. The summed E-state index contributed by atoms with van der Waals surface area (Å²) in [7, 11) is 0. The van der Waals surface area contributed by atoms with Crippen LogP contribution in [0.4, 0.5) is 4.39 Å². The lowest BCUT2D eigenvalue weighted by atomic mass is 9.81. The number of hydrogen-bond donors (Lipinski definition) is 1. The van der Waals surface area contributed by atoms with Crippen LogP contribution in [0.2, 0.25) is 0 Å². The molecule has 0 radical (unpaired) electrons. The number of ether oxygens (including phenoxy) is 2. The second kappa shape index (κ2) is 6.76. The summed E-state index contributed by atoms with van der Waals surface area (Å²) in [5, 5.41) is 1.82. The Morgan fingerprint density at radius 3 is 2.59 bits per heavy atom. The fourth-order valence-corrected chi connectivity index (χ4v) is 3.52. The molecule has 0 aliphatic carbocycles. The SMILES string of the molecule is CCOC(=O)C1=C(N)Oc2c(ccc3ccccc23)C1c1ccccc1F. The molecule has 4 rings (SSSR count). The van der Waals surface area contributed by atoms with Gasteiger partial charge in [-0.25, -0.2) is 9.18 Å². The maximum atomic E-state index is 14.7. The van der Waals surface area contributed by atoms with E-state index in [2.05, 4.69) is 0 Å². The van der Waals surface area contributed by atoms with Gasteiger partial charge in [-0.2, -0.15) is 0 Å². The third-order valence-corrected chi connectivity index (χ3v) is 4.70. The smallest absolute Gasteiger partial charge is 0.340 e. The molecule has 0 saturated carbocycles. The van der Waals surface area contributed by atoms with Crippen molar-refractivity contribution in [2.75, 3.05) is 6.61 Å². The van der Waals surface area contributed by atoms with Crippen molar-refractivity contribution in [3.8, 4) is 5.75 Å². The molecule has 2 N–H and O–H groups in total. The van der Waals surface area contributed by atoms with Crippen LogP contribution in [0.25, 0.3) is 10.8 Å². The molecule has 5 heteroatoms. The summed E-state index contributed by atoms with van der Waals surface area (Å²) in [6.45, 7) is 1.89. The molecule has 0 saturated heterocycles. The number of carbonyl (C=O) groups excluding carboxylic acids is 1. The highest BCUT2D eigenvalue weighted by molar-refractivity contribution is 5.96. The van der Waals surface area contributed by atoms with Crippen LogP contribution in [0.3, 0.4) is 0 Å². The van der Waals surface area contributed by atoms with E-state index in [9.17, 15) is 9.18 Å². The summed E-state index contributed by atoms with van der Waals surface area (Å²) in [5.74, 6) is -1.27. The molecule has 1 unspecified atom stereocenters. The van der Waals surface area contributed by atoms with Gasteiger partial charge in [-0.1, -0.05) is 54.6 Å². The maximum absolute atomic E-state index is 14.7. The van der Waals surface area contributed by atoms with Crippen molar-refractivity contribution in [1.29, 1.82) is 0 Å². The van der Waals surface area contributed by atoms with Gasteiger partial charge < -0.3 is 15.2 Å². The first kappa shape index (κ1) is 17.1. The van der Waals surface area contributed by atoms with Crippen LogP contribution in [0.5, 0.6) is 5.75 Å². The topological polar surface area (TPSA) is 61.5 Å². The van der Waals surface area contributed by atoms with E-state index in [0.717, 1.165) is 10.8 Å². The van der Waals surface area contributed by atoms with Crippen LogP contribution < -0.4 is 10.5 Å². The Morgan fingerprint density at radius 2 is 1.81 bits per heavy atom. The second-order valence-corrected chi connectivity index (χ2v) is 6.26. The zero-order chi connectivity index (χ0) is 19.0. The van der Waals surface area contributed by atoms with E-state index in [-0.39, 0.29) is 18.1 Å². The van der Waals surface area contributed by atoms with Gasteiger partial charge in [0.2, 0.25) is 5.88 Å². The Labute approximate surface area is 156 Å². The fraction of sp³-hybridized carbons (Fsp3) is 0.136. The van der Waals surface area contributed by atoms with E-state index in [1.165, 1.54) is 6.07 Å². The van der Waals surface area contributed by atoms with Crippen molar-refractivity contribution in [1.82, 2.24) is 0 Å². The fourth-order valence-electron chi connectivity index (χ4n) is 3.52. The third-order valence-electron chi connectivity index (χ3n) is 4.70. The van der Waals surface area contributed by atoms with Gasteiger partial charge in [0, 0.05) is 16.5 Å². The van der Waals surface area contributed by atoms with Crippen LogP contribution in [0.15, 0.2) is 72.1 Å². The lowest BCUT2D eigenvalue weighted by molar-refractivity contribution is -0.139. The Balaban J connectivity index is 2.00. The summed E-state index contributed by atoms with van der Waals surface area (Å²) in [6.07, 6.45) is 0. The lowest BCUT2D eigenvalue weighted by Crippen LogP contribution is -2.28. The minimum Gasteiger partial charge on any atom is -0.462 e. The number of esters is 1. The van der Waals surface area contributed by atoms with Gasteiger partial charge in [0.25, 0.3) is 0 Å². The van der Waals surface area contributed by atoms with E-state index < -0.39 is 17.7 Å². The van der Waals surface area contributed by atoms with Crippen molar-refractivity contribution in [3.05, 3.63) is 89.1 Å². The Bertz CT molecular complexity index is 1070. The molecule has 136 valence electrons. The summed E-state index contributed by atoms with van der Waals surface area (Å²) >= 11 is 0. The zero-order valence-corrected chi connectivity index (χ0v) is 14.7. The van der Waals surface area contributed by atoms with Gasteiger partial charge in [-0.3, -0.25) is 0 Å². The van der Waals surface area contributed by atoms with Gasteiger partial charge in [0.15, 0.2) is 0 Å². The molecule has 0 spiro atoms. The maximum Gasteiger partial charge on any atom is 0.340 e. The molecular formula is C22H18FNO3. The van der Waals surface area contributed by atoms with Crippen LogP contribution in [-0.4, -0.2) is 12.6 Å². The number of fused-ring (bicyclic) bond motifs is 3. The highest BCUT2D eigenvalue weighted by atomic mass is 19.1. The average molecular weight is 363 g/mol. The first-order chi connectivity index (χ1) is 13.1. The van der Waals surface area contributed by atoms with Crippen LogP contribution in [0.1, 0.15) is 24.0 Å². The summed E-state index contributed by atoms with van der Waals surface area (Å²) in [5.41, 5.74) is 7.27. The highest BCUT2D eigenvalue weighted by Gasteiger charge is 2.37. The number of carbonyl (C=O) groups is 1. The van der Waals surface area contributed by atoms with Gasteiger partial charge >= 0.3 is 5.97 Å². The predicted octanol–water partition coefficient (Wildman–Crippen LogP) is 4.24. The summed E-state index contributed by atoms with van der Waals surface area (Å²) in [4.78, 5) is 12.6. The van der Waals surface area contributed by atoms with E-state index in [1.807, 2.05) is 36.4 Å². The first-order valence-corrected chi connectivity index (χ1v) is 8.72. The monoisotopic (exact) mass is 363 g/mol. The van der Waals surface area contributed by atoms with Crippen LogP contribution >= 0.6 is 0 Å². The first-order valence-electron chi connectivity index (χ1n) is 8.72. The Morgan fingerprint density at radius 1 is 1.07 bits per heavy atom. The van der Waals surface area contributed by atoms with Gasteiger partial charge in [-0.15, -0.1) is 0 Å². The Hall–Kier alpha value is -3.34. The van der Waals surface area contributed by atoms with Gasteiger partial charge in [-0.05, 0) is 18.4 Å². The summed E-state index contributed by atoms with van der Waals surface area (Å²) < 4.78 is 25.7. The molecular weight excluding hydrogens is 345 g/mol. The van der Waals surface area contributed by atoms with Crippen molar-refractivity contribution in [3.63, 3.8) is 0 Å². The molecule has 3 aromatic rings. The standard InChI is InChI=1S/C22H18FNO3/c1-2-26-22(25)19-18(15-9-5-6-10-17(15)23)16-12-11-13-7-3-4-8-14(13)20(16)27-21(19)24/h3-12,18H,2,24H2,1H3. The molecule has 1 aliphatic heterocycles. The molecule has 1 heterocycles. The van der Waals surface area contributed by atoms with Crippen molar-refractivity contribution < 1.29 is 18.7 Å². The van der Waals surface area contributed by atoms with E-state index in [1.54, 1.807) is 25.1 Å². The normalized spacial score (nSPS) is 16.0. The van der Waals surface area contributed by atoms with Crippen molar-refractivity contribution >= 4 is 16.7 Å². The molecule has 0 bridgehead atoms. The molecule has 27 heavy (non-hydrogen) atoms. The van der Waals surface area contributed by atoms with E-state index >= 15 is 0 Å². The molecule has 0 aromatic heterocycles. The molecule has 4 nitrogen and oxygen atoms in total. The average Bonchev–Trinajstić information content (AvgIpc) is 2.67. The summed E-state index contributed by atoms with van der Waals surface area (Å²) in [6, 6.07) is 17.8. The van der Waals surface area contributed by atoms with E-state index in [0.29, 0.717) is 16.9 Å². The molecule has 3 aromatic carbocycles. The molecule has 0 fully saturated rings. The predicted molar refractivity (Wildman–Crippen MR) is 101 cm³/mol. The van der Waals surface area contributed by atoms with Crippen LogP contribution in [-0.2, 0) is 9.53 Å². The van der Waals surface area contributed by atoms with E-state index in [4.69, 9.17) is 15.2 Å². The quantitative estimate of drug-likeness (QED) is 0.707. The number of rotatable bonds is 3. The largest absolute Gasteiger partial charge is 0.462 e. The number of hydrogen-bond acceptors (Lipinski definition) is 4. The Kier molecular flexibility index (Phi) is 4.28. The molecule has 0 amide bonds. The number of benzene rings is 3. The van der Waals surface area contributed by atoms with Crippen LogP contribution in [0, 0.1) is 5.82 Å². The minimum absolute atomic E-state index is 0.0643. The second-order valence-electron chi connectivity index (χ2n) is 6.26. The van der Waals surface area contributed by atoms with Crippen molar-refractivity contribution in [2.45, 2.75) is 12.8 Å². The molecule has 1 atom stereocenters. The highest BCUT2D eigenvalue weighted by Crippen LogP contribution is 2.46. The van der Waals surface area contributed by atoms with Gasteiger partial charge in [0.1, 0.15) is 17.1 Å². The lowest BCUT2D eigenvalue weighted by Gasteiger charge is -2.29. The number of nitrogens with two attached hydrogens (primary N) is 1. The third kappa shape index (κ3) is 2.81.